The molecular formula is C21H22N4O3. The molecule has 0 bridgehead atoms. The highest BCUT2D eigenvalue weighted by atomic mass is 16.6. The number of rotatable bonds is 5. The van der Waals surface area contributed by atoms with Gasteiger partial charge in [-0.05, 0) is 66.6 Å². The van der Waals surface area contributed by atoms with Gasteiger partial charge in [0.15, 0.2) is 5.82 Å². The first-order valence-corrected chi connectivity index (χ1v) is 9.43. The van der Waals surface area contributed by atoms with E-state index in [1.54, 1.807) is 7.11 Å². The molecule has 0 N–H and O–H groups in total. The van der Waals surface area contributed by atoms with Gasteiger partial charge in [-0.3, -0.25) is 0 Å². The molecule has 1 aromatic heterocycles. The zero-order chi connectivity index (χ0) is 19.3. The van der Waals surface area contributed by atoms with Crippen molar-refractivity contribution in [3.05, 3.63) is 53.6 Å². The minimum atomic E-state index is -0.293. The van der Waals surface area contributed by atoms with E-state index in [1.165, 1.54) is 5.56 Å². The van der Waals surface area contributed by atoms with E-state index in [2.05, 4.69) is 47.6 Å². The first-order chi connectivity index (χ1) is 13.5. The molecule has 28 heavy (non-hydrogen) atoms. The predicted molar refractivity (Wildman–Crippen MR) is 102 cm³/mol. The van der Waals surface area contributed by atoms with Gasteiger partial charge in [-0.15, -0.1) is 5.10 Å². The molecule has 0 spiro atoms. The second kappa shape index (κ2) is 6.31. The van der Waals surface area contributed by atoms with E-state index < -0.39 is 0 Å². The van der Waals surface area contributed by atoms with Crippen molar-refractivity contribution in [2.45, 2.75) is 44.6 Å². The maximum Gasteiger partial charge on any atom is 0.182 e. The van der Waals surface area contributed by atoms with Crippen molar-refractivity contribution in [1.82, 2.24) is 20.2 Å². The van der Waals surface area contributed by atoms with Crippen LogP contribution in [0.15, 0.2) is 42.5 Å². The number of methoxy groups -OCH3 is 1. The SMILES string of the molecule is COc1ccc(CCn2nnnc2-c2ccc3c(c2)[C@@H]2O[C@@H]2C(C)(C)O3)cc1. The van der Waals surface area contributed by atoms with Crippen LogP contribution < -0.4 is 9.47 Å². The Labute approximate surface area is 163 Å². The fraction of sp³-hybridized carbons (Fsp3) is 0.381. The van der Waals surface area contributed by atoms with Gasteiger partial charge in [-0.2, -0.15) is 0 Å². The van der Waals surface area contributed by atoms with Crippen LogP contribution in [0.3, 0.4) is 0 Å². The minimum absolute atomic E-state index is 0.0994. The smallest absolute Gasteiger partial charge is 0.182 e. The number of nitrogens with zero attached hydrogens (tertiary/aromatic N) is 4. The summed E-state index contributed by atoms with van der Waals surface area (Å²) >= 11 is 0. The summed E-state index contributed by atoms with van der Waals surface area (Å²) in [6, 6.07) is 14.1. The predicted octanol–water partition coefficient (Wildman–Crippen LogP) is 3.20. The van der Waals surface area contributed by atoms with Crippen LogP contribution >= 0.6 is 0 Å². The van der Waals surface area contributed by atoms with Gasteiger partial charge in [0, 0.05) is 17.7 Å². The molecule has 2 aliphatic rings. The number of hydrogen-bond acceptors (Lipinski definition) is 6. The molecular weight excluding hydrogens is 356 g/mol. The Morgan fingerprint density at radius 3 is 2.75 bits per heavy atom. The fourth-order valence-corrected chi connectivity index (χ4v) is 3.81. The van der Waals surface area contributed by atoms with Gasteiger partial charge in [0.1, 0.15) is 29.3 Å². The molecule has 1 saturated heterocycles. The average molecular weight is 378 g/mol. The van der Waals surface area contributed by atoms with Crippen LogP contribution in [0, 0.1) is 0 Å². The topological polar surface area (TPSA) is 74.6 Å². The first-order valence-electron chi connectivity index (χ1n) is 9.43. The van der Waals surface area contributed by atoms with Gasteiger partial charge in [0.05, 0.1) is 7.11 Å². The van der Waals surface area contributed by atoms with Crippen LogP contribution in [0.25, 0.3) is 11.4 Å². The number of aryl methyl sites for hydroxylation is 2. The van der Waals surface area contributed by atoms with Crippen molar-refractivity contribution in [3.8, 4) is 22.9 Å². The van der Waals surface area contributed by atoms with E-state index in [4.69, 9.17) is 14.2 Å². The number of hydrogen-bond donors (Lipinski definition) is 0. The molecule has 2 aromatic carbocycles. The Balaban J connectivity index is 1.37. The number of aromatic nitrogens is 4. The maximum absolute atomic E-state index is 6.11. The number of benzene rings is 2. The summed E-state index contributed by atoms with van der Waals surface area (Å²) in [5, 5.41) is 12.3. The van der Waals surface area contributed by atoms with Gasteiger partial charge >= 0.3 is 0 Å². The van der Waals surface area contributed by atoms with Crippen LogP contribution in [0.5, 0.6) is 11.5 Å². The van der Waals surface area contributed by atoms with E-state index in [0.717, 1.165) is 34.9 Å². The standard InChI is InChI=1S/C21H22N4O3/c1-21(2)19-18(27-19)16-12-14(6-9-17(16)28-21)20-22-23-24-25(20)11-10-13-4-7-15(26-3)8-5-13/h4-9,12,18-19H,10-11H2,1-3H3/t18-,19-/m0/s1. The molecule has 1 fully saturated rings. The van der Waals surface area contributed by atoms with Crippen LogP contribution in [-0.4, -0.2) is 39.0 Å². The summed E-state index contributed by atoms with van der Waals surface area (Å²) in [5.74, 6) is 2.48. The van der Waals surface area contributed by atoms with Crippen molar-refractivity contribution in [1.29, 1.82) is 0 Å². The molecule has 7 nitrogen and oxygen atoms in total. The van der Waals surface area contributed by atoms with Crippen molar-refractivity contribution < 1.29 is 14.2 Å². The summed E-state index contributed by atoms with van der Waals surface area (Å²) in [4.78, 5) is 0. The van der Waals surface area contributed by atoms with Crippen LogP contribution in [0.2, 0.25) is 0 Å². The Morgan fingerprint density at radius 1 is 1.14 bits per heavy atom. The summed E-state index contributed by atoms with van der Waals surface area (Å²) < 4.78 is 19.0. The quantitative estimate of drug-likeness (QED) is 0.635. The van der Waals surface area contributed by atoms with Crippen molar-refractivity contribution in [2.24, 2.45) is 0 Å². The molecule has 144 valence electrons. The van der Waals surface area contributed by atoms with Gasteiger partial charge in [-0.1, -0.05) is 12.1 Å². The average Bonchev–Trinajstić information content (AvgIpc) is 3.39. The van der Waals surface area contributed by atoms with Crippen LogP contribution in [0.4, 0.5) is 0 Å². The highest BCUT2D eigenvalue weighted by Crippen LogP contribution is 2.54. The molecule has 3 aromatic rings. The number of tetrazole rings is 1. The van der Waals surface area contributed by atoms with Gasteiger partial charge in [-0.25, -0.2) is 4.68 Å². The Morgan fingerprint density at radius 2 is 1.96 bits per heavy atom. The third-order valence-electron chi connectivity index (χ3n) is 5.43. The van der Waals surface area contributed by atoms with Crippen molar-refractivity contribution in [2.75, 3.05) is 7.11 Å². The molecule has 0 saturated carbocycles. The molecule has 0 amide bonds. The summed E-state index contributed by atoms with van der Waals surface area (Å²) in [7, 11) is 1.67. The number of fused-ring (bicyclic) bond motifs is 3. The Bertz CT molecular complexity index is 1010. The lowest BCUT2D eigenvalue weighted by molar-refractivity contribution is 0.0725. The maximum atomic E-state index is 6.11. The Kier molecular flexibility index (Phi) is 3.87. The number of ether oxygens (including phenoxy) is 3. The van der Waals surface area contributed by atoms with Gasteiger partial charge < -0.3 is 14.2 Å². The molecule has 2 atom stereocenters. The van der Waals surface area contributed by atoms with E-state index >= 15 is 0 Å². The highest BCUT2D eigenvalue weighted by Gasteiger charge is 2.56. The third kappa shape index (κ3) is 2.92. The Hall–Kier alpha value is -2.93. The summed E-state index contributed by atoms with van der Waals surface area (Å²) in [6.45, 7) is 4.82. The minimum Gasteiger partial charge on any atom is -0.497 e. The van der Waals surface area contributed by atoms with Crippen molar-refractivity contribution in [3.63, 3.8) is 0 Å². The molecule has 3 heterocycles. The number of epoxide rings is 1. The van der Waals surface area contributed by atoms with E-state index in [9.17, 15) is 0 Å². The first kappa shape index (κ1) is 17.2. The fourth-order valence-electron chi connectivity index (χ4n) is 3.81. The summed E-state index contributed by atoms with van der Waals surface area (Å²) in [5.41, 5.74) is 2.96. The van der Waals surface area contributed by atoms with E-state index in [-0.39, 0.29) is 17.8 Å². The third-order valence-corrected chi connectivity index (χ3v) is 5.43. The molecule has 0 unspecified atom stereocenters. The molecule has 0 radical (unpaired) electrons. The van der Waals surface area contributed by atoms with Crippen LogP contribution in [0.1, 0.15) is 31.1 Å². The molecule has 0 aliphatic carbocycles. The molecule has 5 rings (SSSR count). The van der Waals surface area contributed by atoms with Crippen LogP contribution in [-0.2, 0) is 17.7 Å². The zero-order valence-electron chi connectivity index (χ0n) is 16.1. The zero-order valence-corrected chi connectivity index (χ0v) is 16.1. The molecule has 2 aliphatic heterocycles. The van der Waals surface area contributed by atoms with Gasteiger partial charge in [0.2, 0.25) is 0 Å². The second-order valence-corrected chi connectivity index (χ2v) is 7.76. The normalized spacial score (nSPS) is 21.4. The molecule has 7 heteroatoms. The second-order valence-electron chi connectivity index (χ2n) is 7.76. The largest absolute Gasteiger partial charge is 0.497 e. The summed E-state index contributed by atoms with van der Waals surface area (Å²) in [6.07, 6.45) is 1.04. The lowest BCUT2D eigenvalue weighted by Gasteiger charge is -2.29. The van der Waals surface area contributed by atoms with Crippen molar-refractivity contribution >= 4 is 0 Å². The lowest BCUT2D eigenvalue weighted by atomic mass is 9.93. The monoisotopic (exact) mass is 378 g/mol. The highest BCUT2D eigenvalue weighted by molar-refractivity contribution is 5.60. The van der Waals surface area contributed by atoms with Gasteiger partial charge in [0.25, 0.3) is 0 Å². The van der Waals surface area contributed by atoms with E-state index in [1.807, 2.05) is 28.9 Å². The lowest BCUT2D eigenvalue weighted by Crippen LogP contribution is -2.37. The van der Waals surface area contributed by atoms with E-state index in [0.29, 0.717) is 6.54 Å².